The lowest BCUT2D eigenvalue weighted by atomic mass is 10.0. The number of ketones is 1. The molecule has 154 valence electrons. The lowest BCUT2D eigenvalue weighted by Crippen LogP contribution is -2.49. The van der Waals surface area contributed by atoms with Gasteiger partial charge >= 0.3 is 0 Å². The number of benzene rings is 2. The molecule has 0 aliphatic carbocycles. The van der Waals surface area contributed by atoms with Crippen molar-refractivity contribution in [2.75, 3.05) is 29.9 Å². The van der Waals surface area contributed by atoms with Gasteiger partial charge in [0.05, 0.1) is 6.61 Å². The molecular formula is C24H26N4O2. The molecule has 1 aliphatic heterocycles. The number of carbonyl (C=O) groups is 1. The Bertz CT molecular complexity index is 1010. The number of hydrogen-bond donors (Lipinski definition) is 1. The van der Waals surface area contributed by atoms with E-state index < -0.39 is 0 Å². The van der Waals surface area contributed by atoms with Crippen LogP contribution in [0.4, 0.5) is 17.5 Å². The van der Waals surface area contributed by atoms with Crippen LogP contribution in [0, 0.1) is 12.8 Å². The highest BCUT2D eigenvalue weighted by atomic mass is 16.5. The van der Waals surface area contributed by atoms with Gasteiger partial charge in [0.1, 0.15) is 11.6 Å². The Labute approximate surface area is 176 Å². The summed E-state index contributed by atoms with van der Waals surface area (Å²) in [6.45, 7) is 6.45. The SMILES string of the molecule is CCC(=O)c1cccc(Nc2nccc(N3CC(COc4ccc(C)cc4)C3)n2)c1. The highest BCUT2D eigenvalue weighted by Gasteiger charge is 2.28. The van der Waals surface area contributed by atoms with Crippen LogP contribution in [0.15, 0.2) is 60.8 Å². The third kappa shape index (κ3) is 4.76. The second kappa shape index (κ2) is 8.95. The van der Waals surface area contributed by atoms with Crippen LogP contribution in [-0.2, 0) is 0 Å². The van der Waals surface area contributed by atoms with Crippen molar-refractivity contribution in [3.63, 3.8) is 0 Å². The van der Waals surface area contributed by atoms with E-state index in [1.807, 2.05) is 49.4 Å². The predicted octanol–water partition coefficient (Wildman–Crippen LogP) is 4.64. The molecule has 2 aromatic carbocycles. The van der Waals surface area contributed by atoms with Gasteiger partial charge < -0.3 is 15.0 Å². The Hall–Kier alpha value is -3.41. The highest BCUT2D eigenvalue weighted by Crippen LogP contribution is 2.25. The second-order valence-electron chi connectivity index (χ2n) is 7.62. The molecule has 0 radical (unpaired) electrons. The molecule has 0 unspecified atom stereocenters. The summed E-state index contributed by atoms with van der Waals surface area (Å²) in [5.74, 6) is 2.92. The maximum Gasteiger partial charge on any atom is 0.229 e. The van der Waals surface area contributed by atoms with Crippen LogP contribution in [-0.4, -0.2) is 35.4 Å². The summed E-state index contributed by atoms with van der Waals surface area (Å²) in [6.07, 6.45) is 2.24. The van der Waals surface area contributed by atoms with E-state index in [-0.39, 0.29) is 5.78 Å². The first-order chi connectivity index (χ1) is 14.6. The zero-order valence-electron chi connectivity index (χ0n) is 17.3. The summed E-state index contributed by atoms with van der Waals surface area (Å²) in [6, 6.07) is 17.5. The fourth-order valence-electron chi connectivity index (χ4n) is 3.40. The number of ether oxygens (including phenoxy) is 1. The van der Waals surface area contributed by atoms with Gasteiger partial charge in [-0.1, -0.05) is 36.8 Å². The minimum absolute atomic E-state index is 0.118. The highest BCUT2D eigenvalue weighted by molar-refractivity contribution is 5.96. The van der Waals surface area contributed by atoms with Gasteiger partial charge in [0, 0.05) is 42.9 Å². The molecule has 1 aliphatic rings. The molecule has 0 amide bonds. The number of hydrogen-bond acceptors (Lipinski definition) is 6. The molecule has 0 spiro atoms. The molecule has 0 bridgehead atoms. The number of aryl methyl sites for hydroxylation is 1. The molecule has 2 heterocycles. The summed E-state index contributed by atoms with van der Waals surface area (Å²) in [7, 11) is 0. The van der Waals surface area contributed by atoms with E-state index in [0.29, 0.717) is 30.5 Å². The fourth-order valence-corrected chi connectivity index (χ4v) is 3.40. The Kier molecular flexibility index (Phi) is 5.93. The molecule has 1 N–H and O–H groups in total. The number of nitrogens with zero attached hydrogens (tertiary/aromatic N) is 3. The second-order valence-corrected chi connectivity index (χ2v) is 7.62. The average Bonchev–Trinajstić information content (AvgIpc) is 2.74. The molecule has 1 saturated heterocycles. The van der Waals surface area contributed by atoms with Gasteiger partial charge in [0.25, 0.3) is 0 Å². The van der Waals surface area contributed by atoms with Crippen molar-refractivity contribution in [3.8, 4) is 5.75 Å². The van der Waals surface area contributed by atoms with Crippen LogP contribution in [0.2, 0.25) is 0 Å². The largest absolute Gasteiger partial charge is 0.493 e. The van der Waals surface area contributed by atoms with E-state index in [1.165, 1.54) is 5.56 Å². The summed E-state index contributed by atoms with van der Waals surface area (Å²) < 4.78 is 5.89. The number of carbonyl (C=O) groups excluding carboxylic acids is 1. The number of anilines is 3. The standard InChI is InChI=1S/C24H26N4O2/c1-3-22(29)19-5-4-6-20(13-19)26-24-25-12-11-23(27-24)28-14-18(15-28)16-30-21-9-7-17(2)8-10-21/h4-13,18H,3,14-16H2,1-2H3,(H,25,26,27). The lowest BCUT2D eigenvalue weighted by Gasteiger charge is -2.39. The Balaban J connectivity index is 1.32. The van der Waals surface area contributed by atoms with Crippen LogP contribution < -0.4 is 15.0 Å². The number of aromatic nitrogens is 2. The van der Waals surface area contributed by atoms with Gasteiger partial charge in [0.15, 0.2) is 5.78 Å². The number of nitrogens with one attached hydrogen (secondary N) is 1. The third-order valence-corrected chi connectivity index (χ3v) is 5.19. The van der Waals surface area contributed by atoms with Crippen molar-refractivity contribution in [2.24, 2.45) is 5.92 Å². The monoisotopic (exact) mass is 402 g/mol. The van der Waals surface area contributed by atoms with Crippen molar-refractivity contribution in [1.82, 2.24) is 9.97 Å². The van der Waals surface area contributed by atoms with Gasteiger partial charge in [-0.3, -0.25) is 4.79 Å². The van der Waals surface area contributed by atoms with Gasteiger partial charge in [-0.2, -0.15) is 4.98 Å². The average molecular weight is 402 g/mol. The van der Waals surface area contributed by atoms with Crippen LogP contribution in [0.5, 0.6) is 5.75 Å². The van der Waals surface area contributed by atoms with Crippen molar-refractivity contribution < 1.29 is 9.53 Å². The van der Waals surface area contributed by atoms with Crippen molar-refractivity contribution in [2.45, 2.75) is 20.3 Å². The van der Waals surface area contributed by atoms with Crippen LogP contribution in [0.25, 0.3) is 0 Å². The van der Waals surface area contributed by atoms with E-state index in [9.17, 15) is 4.79 Å². The van der Waals surface area contributed by atoms with Crippen LogP contribution in [0.1, 0.15) is 29.3 Å². The molecule has 30 heavy (non-hydrogen) atoms. The maximum atomic E-state index is 11.9. The van der Waals surface area contributed by atoms with Gasteiger partial charge in [-0.25, -0.2) is 4.98 Å². The molecular weight excluding hydrogens is 376 g/mol. The number of rotatable bonds is 8. The third-order valence-electron chi connectivity index (χ3n) is 5.19. The first kappa shape index (κ1) is 19.9. The normalized spacial score (nSPS) is 13.6. The van der Waals surface area contributed by atoms with Gasteiger partial charge in [0.2, 0.25) is 5.95 Å². The molecule has 0 atom stereocenters. The zero-order valence-corrected chi connectivity index (χ0v) is 17.3. The van der Waals surface area contributed by atoms with E-state index in [4.69, 9.17) is 4.74 Å². The Morgan fingerprint density at radius 1 is 1.17 bits per heavy atom. The lowest BCUT2D eigenvalue weighted by molar-refractivity contribution is 0.0988. The molecule has 4 rings (SSSR count). The smallest absolute Gasteiger partial charge is 0.229 e. The minimum atomic E-state index is 0.118. The predicted molar refractivity (Wildman–Crippen MR) is 119 cm³/mol. The van der Waals surface area contributed by atoms with Crippen molar-refractivity contribution in [3.05, 3.63) is 71.9 Å². The summed E-state index contributed by atoms with van der Waals surface area (Å²) >= 11 is 0. The van der Waals surface area contributed by atoms with E-state index in [0.717, 1.165) is 30.3 Å². The number of Topliss-reactive ketones (excluding diaryl/α,β-unsaturated/α-hetero) is 1. The summed E-state index contributed by atoms with van der Waals surface area (Å²) in [5, 5.41) is 3.20. The molecule has 3 aromatic rings. The zero-order chi connectivity index (χ0) is 20.9. The summed E-state index contributed by atoms with van der Waals surface area (Å²) in [4.78, 5) is 23.1. The van der Waals surface area contributed by atoms with E-state index in [1.54, 1.807) is 6.20 Å². The van der Waals surface area contributed by atoms with Crippen LogP contribution >= 0.6 is 0 Å². The van der Waals surface area contributed by atoms with E-state index in [2.05, 4.69) is 39.2 Å². The Morgan fingerprint density at radius 3 is 2.73 bits per heavy atom. The quantitative estimate of drug-likeness (QED) is 0.554. The maximum absolute atomic E-state index is 11.9. The topological polar surface area (TPSA) is 67.4 Å². The van der Waals surface area contributed by atoms with Gasteiger partial charge in [-0.05, 0) is 37.3 Å². The summed E-state index contributed by atoms with van der Waals surface area (Å²) in [5.41, 5.74) is 2.73. The molecule has 1 fully saturated rings. The minimum Gasteiger partial charge on any atom is -0.493 e. The van der Waals surface area contributed by atoms with Gasteiger partial charge in [-0.15, -0.1) is 0 Å². The Morgan fingerprint density at radius 2 is 1.97 bits per heavy atom. The molecule has 1 aromatic heterocycles. The van der Waals surface area contributed by atoms with E-state index >= 15 is 0 Å². The molecule has 6 heteroatoms. The first-order valence-corrected chi connectivity index (χ1v) is 10.3. The fraction of sp³-hybridized carbons (Fsp3) is 0.292. The van der Waals surface area contributed by atoms with Crippen molar-refractivity contribution >= 4 is 23.2 Å². The van der Waals surface area contributed by atoms with Crippen LogP contribution in [0.3, 0.4) is 0 Å². The first-order valence-electron chi connectivity index (χ1n) is 10.3. The molecule has 6 nitrogen and oxygen atoms in total. The molecule has 0 saturated carbocycles. The van der Waals surface area contributed by atoms with Crippen molar-refractivity contribution in [1.29, 1.82) is 0 Å².